The van der Waals surface area contributed by atoms with Gasteiger partial charge in [0.15, 0.2) is 17.3 Å². The number of Topliss-reactive ketones (excluding diaryl/α,β-unsaturated/α-hetero) is 1. The van der Waals surface area contributed by atoms with E-state index in [1.54, 1.807) is 12.1 Å². The van der Waals surface area contributed by atoms with Crippen molar-refractivity contribution in [1.82, 2.24) is 0 Å². The van der Waals surface area contributed by atoms with Gasteiger partial charge in [-0.25, -0.2) is 4.79 Å². The minimum absolute atomic E-state index is 0.0908. The van der Waals surface area contributed by atoms with Gasteiger partial charge >= 0.3 is 5.97 Å². The molecule has 0 bridgehead atoms. The second-order valence-corrected chi connectivity index (χ2v) is 7.61. The average Bonchev–Trinajstić information content (AvgIpc) is 2.83. The van der Waals surface area contributed by atoms with Crippen molar-refractivity contribution in [2.45, 2.75) is 37.6 Å². The maximum atomic E-state index is 12.0. The van der Waals surface area contributed by atoms with Gasteiger partial charge in [-0.15, -0.1) is 0 Å². The van der Waals surface area contributed by atoms with E-state index in [1.807, 2.05) is 0 Å². The zero-order valence-electron chi connectivity index (χ0n) is 18.5. The number of aromatic hydroxyl groups is 1. The van der Waals surface area contributed by atoms with E-state index in [1.165, 1.54) is 50.4 Å². The number of rotatable bonds is 8. The van der Waals surface area contributed by atoms with Gasteiger partial charge in [0.2, 0.25) is 6.29 Å². The fourth-order valence-electron chi connectivity index (χ4n) is 3.22. The first-order valence-corrected chi connectivity index (χ1v) is 10.4. The minimum atomic E-state index is -1.64. The monoisotopic (exact) mass is 474 g/mol. The Hall–Kier alpha value is -3.44. The molecule has 5 atom stereocenters. The van der Waals surface area contributed by atoms with Crippen LogP contribution in [0.2, 0.25) is 0 Å². The molecule has 0 aromatic heterocycles. The molecule has 1 saturated heterocycles. The second kappa shape index (κ2) is 11.1. The average molecular weight is 474 g/mol. The van der Waals surface area contributed by atoms with E-state index < -0.39 is 43.3 Å². The van der Waals surface area contributed by atoms with Gasteiger partial charge < -0.3 is 39.4 Å². The lowest BCUT2D eigenvalue weighted by molar-refractivity contribution is -0.278. The van der Waals surface area contributed by atoms with Crippen LogP contribution in [0.4, 0.5) is 0 Å². The maximum absolute atomic E-state index is 12.0. The molecule has 0 spiro atoms. The first-order chi connectivity index (χ1) is 16.2. The fourth-order valence-corrected chi connectivity index (χ4v) is 3.22. The molecule has 182 valence electrons. The highest BCUT2D eigenvalue weighted by molar-refractivity contribution is 5.94. The van der Waals surface area contributed by atoms with E-state index in [-0.39, 0.29) is 23.0 Å². The Morgan fingerprint density at radius 1 is 1.00 bits per heavy atom. The molecule has 10 nitrogen and oxygen atoms in total. The van der Waals surface area contributed by atoms with Crippen LogP contribution >= 0.6 is 0 Å². The summed E-state index contributed by atoms with van der Waals surface area (Å²) in [7, 11) is 1.37. The molecule has 0 amide bonds. The van der Waals surface area contributed by atoms with Gasteiger partial charge in [-0.05, 0) is 48.9 Å². The largest absolute Gasteiger partial charge is 0.508 e. The van der Waals surface area contributed by atoms with Crippen LogP contribution in [0.15, 0.2) is 48.5 Å². The molecular formula is C24H26O10. The summed E-state index contributed by atoms with van der Waals surface area (Å²) in [6, 6.07) is 10.5. The smallest absolute Gasteiger partial charge is 0.330 e. The quantitative estimate of drug-likeness (QED) is 0.248. The van der Waals surface area contributed by atoms with Crippen molar-refractivity contribution in [3.05, 3.63) is 59.7 Å². The number of carbonyl (C=O) groups is 2. The molecular weight excluding hydrogens is 448 g/mol. The van der Waals surface area contributed by atoms with E-state index >= 15 is 0 Å². The number of carbonyl (C=O) groups excluding carboxylic acids is 2. The van der Waals surface area contributed by atoms with E-state index in [0.717, 1.165) is 6.08 Å². The molecule has 34 heavy (non-hydrogen) atoms. The van der Waals surface area contributed by atoms with Crippen molar-refractivity contribution < 1.29 is 49.0 Å². The van der Waals surface area contributed by atoms with E-state index in [0.29, 0.717) is 11.1 Å². The summed E-state index contributed by atoms with van der Waals surface area (Å²) in [6.07, 6.45) is -4.80. The molecule has 0 radical (unpaired) electrons. The number of hydrogen-bond acceptors (Lipinski definition) is 10. The Morgan fingerprint density at radius 3 is 2.35 bits per heavy atom. The molecule has 0 saturated carbocycles. The number of esters is 1. The molecule has 0 aliphatic carbocycles. The number of ether oxygens (including phenoxy) is 4. The van der Waals surface area contributed by atoms with Crippen LogP contribution in [-0.2, 0) is 14.3 Å². The summed E-state index contributed by atoms with van der Waals surface area (Å²) in [5.41, 5.74) is 1.04. The number of aliphatic hydroxyl groups is 3. The summed E-state index contributed by atoms with van der Waals surface area (Å²) in [5.74, 6) is -0.491. The van der Waals surface area contributed by atoms with Gasteiger partial charge in [-0.3, -0.25) is 4.79 Å². The standard InChI is InChI=1S/C24H26O10/c1-13(25)15-6-9-17(18(11-15)31-2)33-24-23(30)22(29)21(28)19(34-24)12-32-20(27)10-5-14-3-7-16(26)8-4-14/h3-11,19,21-24,26,28-30H,12H2,1-2H3. The van der Waals surface area contributed by atoms with Crippen LogP contribution in [0.1, 0.15) is 22.8 Å². The minimum Gasteiger partial charge on any atom is -0.508 e. The molecule has 10 heteroatoms. The summed E-state index contributed by atoms with van der Waals surface area (Å²) in [4.78, 5) is 23.6. The number of benzene rings is 2. The maximum Gasteiger partial charge on any atom is 0.330 e. The normalized spacial score (nSPS) is 24.6. The van der Waals surface area contributed by atoms with Crippen molar-refractivity contribution >= 4 is 17.8 Å². The van der Waals surface area contributed by atoms with Crippen LogP contribution < -0.4 is 9.47 Å². The van der Waals surface area contributed by atoms with Gasteiger partial charge in [0.05, 0.1) is 7.11 Å². The molecule has 2 aromatic rings. The first-order valence-electron chi connectivity index (χ1n) is 10.4. The van der Waals surface area contributed by atoms with Crippen molar-refractivity contribution in [2.24, 2.45) is 0 Å². The van der Waals surface area contributed by atoms with Crippen molar-refractivity contribution in [2.75, 3.05) is 13.7 Å². The molecule has 3 rings (SSSR count). The molecule has 1 heterocycles. The molecule has 4 N–H and O–H groups in total. The van der Waals surface area contributed by atoms with Crippen molar-refractivity contribution in [3.63, 3.8) is 0 Å². The highest BCUT2D eigenvalue weighted by Crippen LogP contribution is 2.32. The van der Waals surface area contributed by atoms with E-state index in [4.69, 9.17) is 18.9 Å². The molecule has 1 fully saturated rings. The molecule has 5 unspecified atom stereocenters. The summed E-state index contributed by atoms with van der Waals surface area (Å²) < 4.78 is 21.5. The number of phenolic OH excluding ortho intramolecular Hbond substituents is 1. The Labute approximate surface area is 195 Å². The summed E-state index contributed by atoms with van der Waals surface area (Å²) in [6.45, 7) is 0.969. The first kappa shape index (κ1) is 25.2. The third-order valence-electron chi connectivity index (χ3n) is 5.18. The number of ketones is 1. The predicted molar refractivity (Wildman–Crippen MR) is 118 cm³/mol. The van der Waals surface area contributed by atoms with Crippen LogP contribution in [-0.4, -0.2) is 76.6 Å². The lowest BCUT2D eigenvalue weighted by atomic mass is 9.99. The number of methoxy groups -OCH3 is 1. The zero-order valence-corrected chi connectivity index (χ0v) is 18.5. The highest BCUT2D eigenvalue weighted by atomic mass is 16.7. The molecule has 1 aliphatic rings. The zero-order chi connectivity index (χ0) is 24.8. The van der Waals surface area contributed by atoms with Gasteiger partial charge in [-0.1, -0.05) is 12.1 Å². The lowest BCUT2D eigenvalue weighted by Crippen LogP contribution is -2.60. The Kier molecular flexibility index (Phi) is 8.24. The van der Waals surface area contributed by atoms with Gasteiger partial charge in [0, 0.05) is 11.6 Å². The summed E-state index contributed by atoms with van der Waals surface area (Å²) >= 11 is 0. The molecule has 1 aliphatic heterocycles. The summed E-state index contributed by atoms with van der Waals surface area (Å²) in [5, 5.41) is 40.1. The van der Waals surface area contributed by atoms with Crippen LogP contribution in [0.3, 0.4) is 0 Å². The molecule has 2 aromatic carbocycles. The Bertz CT molecular complexity index is 1030. The SMILES string of the molecule is COc1cc(C(C)=O)ccc1OC1OC(COC(=O)C=Cc2ccc(O)cc2)C(O)C(O)C1O. The predicted octanol–water partition coefficient (Wildman–Crippen LogP) is 1.05. The number of phenols is 1. The van der Waals surface area contributed by atoms with E-state index in [2.05, 4.69) is 0 Å². The van der Waals surface area contributed by atoms with Crippen molar-refractivity contribution in [1.29, 1.82) is 0 Å². The van der Waals surface area contributed by atoms with Crippen LogP contribution in [0.25, 0.3) is 6.08 Å². The second-order valence-electron chi connectivity index (χ2n) is 7.61. The topological polar surface area (TPSA) is 152 Å². The van der Waals surface area contributed by atoms with Crippen LogP contribution in [0, 0.1) is 0 Å². The van der Waals surface area contributed by atoms with Gasteiger partial charge in [0.25, 0.3) is 0 Å². The Morgan fingerprint density at radius 2 is 1.71 bits per heavy atom. The van der Waals surface area contributed by atoms with Crippen LogP contribution in [0.5, 0.6) is 17.2 Å². The highest BCUT2D eigenvalue weighted by Gasteiger charge is 2.45. The van der Waals surface area contributed by atoms with Gasteiger partial charge in [0.1, 0.15) is 36.8 Å². The lowest BCUT2D eigenvalue weighted by Gasteiger charge is -2.40. The third kappa shape index (κ3) is 6.12. The number of hydrogen-bond donors (Lipinski definition) is 4. The third-order valence-corrected chi connectivity index (χ3v) is 5.18. The fraction of sp³-hybridized carbons (Fsp3) is 0.333. The van der Waals surface area contributed by atoms with Crippen molar-refractivity contribution in [3.8, 4) is 17.2 Å². The number of aliphatic hydroxyl groups excluding tert-OH is 3. The van der Waals surface area contributed by atoms with Gasteiger partial charge in [-0.2, -0.15) is 0 Å². The van der Waals surface area contributed by atoms with E-state index in [9.17, 15) is 30.0 Å². The Balaban J connectivity index is 1.64.